The van der Waals surface area contributed by atoms with Crippen molar-refractivity contribution in [1.29, 1.82) is 0 Å². The van der Waals surface area contributed by atoms with E-state index in [0.717, 1.165) is 0 Å². The quantitative estimate of drug-likeness (QED) is 0.0252. The number of aliphatic hydroxyl groups excluding tert-OH is 9. The first-order valence-corrected chi connectivity index (χ1v) is 32.6. The minimum Gasteiger partial charge on any atom is -0.394 e. The van der Waals surface area contributed by atoms with Gasteiger partial charge in [0.15, 0.2) is 18.9 Å². The summed E-state index contributed by atoms with van der Waals surface area (Å²) in [5.41, 5.74) is 4.31. The Bertz CT molecular complexity index is 2010. The summed E-state index contributed by atoms with van der Waals surface area (Å²) < 4.78 is 84.4. The van der Waals surface area contributed by atoms with Crippen molar-refractivity contribution < 1.29 is 151 Å². The number of hydrogen-bond donors (Lipinski definition) is 17. The summed E-state index contributed by atoms with van der Waals surface area (Å²) in [6.07, 6.45) is -15.5. The molecular weight excluding hydrogens is 1320 g/mol. The van der Waals surface area contributed by atoms with E-state index in [1.165, 1.54) is 20.8 Å². The Morgan fingerprint density at radius 3 is 0.908 bits per heavy atom. The van der Waals surface area contributed by atoms with Gasteiger partial charge in [-0.15, -0.1) is 0 Å². The van der Waals surface area contributed by atoms with Crippen molar-refractivity contribution in [1.82, 2.24) is 37.2 Å². The van der Waals surface area contributed by atoms with E-state index >= 15 is 0 Å². The van der Waals surface area contributed by atoms with Crippen molar-refractivity contribution in [3.63, 3.8) is 0 Å². The standard InChI is InChI=1S/C59H108N8O31/c1-37(71)64-47-53(81)50(78)40(31-68)96-56(47)93-28-25-87-22-19-84-16-10-61-43(74)6-13-90-34-59(67-46(77)5-4-9-60,35-91-14-7-44(75)62-11-17-85-20-23-88-26-29-94-57-48(65-38(2)72)54(82)51(79)41(32-69)97-57)36-92-15-8-45(76)63-12-18-86-21-24-89-27-30-95-58-49(66-39(3)73)55(83)52(80)42(33-70)98-58/h40-42,47-58,68-70,78-83H,4-36,60H2,1-3H3,(H,61,74)(H,62,75)(H,63,76)(H,64,71)(H,65,72)(H,66,73)(H,67,77). The molecule has 3 rings (SSSR count). The van der Waals surface area contributed by atoms with E-state index in [9.17, 15) is 79.5 Å². The molecule has 570 valence electrons. The monoisotopic (exact) mass is 1420 g/mol. The van der Waals surface area contributed by atoms with Gasteiger partial charge < -0.3 is 160 Å². The second-order valence-corrected chi connectivity index (χ2v) is 22.8. The SMILES string of the molecule is CC(=O)NC1C(OCCOCCOCCNC(=O)CCOCC(COCCC(=O)NCCOCCOCCOC2OC(CO)C(O)C(O)C2NC(C)=O)(COCCC(=O)NCCOCCOCCOC2OC(CO)C(O)C(O)C2NC(C)=O)NC(=O)CCCN)OC(CO)C(O)C1O. The lowest BCUT2D eigenvalue weighted by Crippen LogP contribution is -2.64. The van der Waals surface area contributed by atoms with Gasteiger partial charge in [-0.25, -0.2) is 0 Å². The van der Waals surface area contributed by atoms with Crippen LogP contribution < -0.4 is 43.0 Å². The van der Waals surface area contributed by atoms with Crippen molar-refractivity contribution in [2.75, 3.05) is 185 Å². The van der Waals surface area contributed by atoms with Gasteiger partial charge in [-0.2, -0.15) is 0 Å². The van der Waals surface area contributed by atoms with Crippen molar-refractivity contribution in [2.45, 2.75) is 150 Å². The molecule has 7 amide bonds. The van der Waals surface area contributed by atoms with Crippen LogP contribution in [0.2, 0.25) is 0 Å². The number of carbonyl (C=O) groups excluding carboxylic acids is 7. The Morgan fingerprint density at radius 1 is 0.367 bits per heavy atom. The minimum absolute atomic E-state index is 0.0267. The molecule has 0 radical (unpaired) electrons. The number of nitrogens with one attached hydrogen (secondary N) is 7. The third-order valence-corrected chi connectivity index (χ3v) is 14.7. The molecule has 15 atom stereocenters. The van der Waals surface area contributed by atoms with Crippen molar-refractivity contribution >= 4 is 41.4 Å². The Morgan fingerprint density at radius 2 is 0.643 bits per heavy atom. The molecule has 39 nitrogen and oxygen atoms in total. The predicted molar refractivity (Wildman–Crippen MR) is 333 cm³/mol. The lowest BCUT2D eigenvalue weighted by molar-refractivity contribution is -0.272. The molecule has 0 bridgehead atoms. The largest absolute Gasteiger partial charge is 0.394 e. The van der Waals surface area contributed by atoms with E-state index in [-0.39, 0.29) is 208 Å². The van der Waals surface area contributed by atoms with Gasteiger partial charge in [-0.1, -0.05) is 0 Å². The second-order valence-electron chi connectivity index (χ2n) is 22.8. The van der Waals surface area contributed by atoms with E-state index in [4.69, 9.17) is 76.8 Å². The fourth-order valence-corrected chi connectivity index (χ4v) is 9.68. The van der Waals surface area contributed by atoms with Gasteiger partial charge in [0.2, 0.25) is 41.4 Å². The van der Waals surface area contributed by atoms with Gasteiger partial charge in [0.1, 0.15) is 78.6 Å². The number of ether oxygens (including phenoxy) is 15. The average molecular weight is 1430 g/mol. The molecule has 0 aliphatic carbocycles. The molecule has 0 spiro atoms. The maximum atomic E-state index is 13.3. The van der Waals surface area contributed by atoms with Crippen LogP contribution in [-0.4, -0.2) is 370 Å². The van der Waals surface area contributed by atoms with Crippen LogP contribution in [0.5, 0.6) is 0 Å². The third-order valence-electron chi connectivity index (χ3n) is 14.7. The summed E-state index contributed by atoms with van der Waals surface area (Å²) in [6, 6.07) is -3.28. The second kappa shape index (κ2) is 51.4. The molecule has 0 aromatic rings. The number of rotatable bonds is 55. The Kier molecular flexibility index (Phi) is 45.9. The Labute approximate surface area is 568 Å². The van der Waals surface area contributed by atoms with Gasteiger partial charge in [-0.3, -0.25) is 33.6 Å². The molecular formula is C59H108N8O31. The summed E-state index contributed by atoms with van der Waals surface area (Å²) in [5.74, 6) is -3.03. The van der Waals surface area contributed by atoms with E-state index < -0.39 is 141 Å². The number of aliphatic hydroxyl groups is 9. The minimum atomic E-state index is -1.46. The molecule has 3 aliphatic heterocycles. The van der Waals surface area contributed by atoms with E-state index in [2.05, 4.69) is 37.2 Å². The normalized spacial score (nSPS) is 26.2. The van der Waals surface area contributed by atoms with Crippen molar-refractivity contribution in [2.24, 2.45) is 5.73 Å². The highest BCUT2D eigenvalue weighted by Gasteiger charge is 2.48. The predicted octanol–water partition coefficient (Wildman–Crippen LogP) is -9.87. The maximum absolute atomic E-state index is 13.3. The molecule has 0 saturated carbocycles. The number of hydrogen-bond acceptors (Lipinski definition) is 32. The highest BCUT2D eigenvalue weighted by Crippen LogP contribution is 2.25. The zero-order valence-corrected chi connectivity index (χ0v) is 56.1. The molecule has 3 aliphatic rings. The summed E-state index contributed by atoms with van der Waals surface area (Å²) in [5, 5.41) is 109. The average Bonchev–Trinajstić information content (AvgIpc) is 0.832. The van der Waals surface area contributed by atoms with Crippen molar-refractivity contribution in [3.05, 3.63) is 0 Å². The molecule has 15 unspecified atom stereocenters. The summed E-state index contributed by atoms with van der Waals surface area (Å²) in [4.78, 5) is 86.7. The number of amides is 7. The Balaban J connectivity index is 1.43. The lowest BCUT2D eigenvalue weighted by atomic mass is 9.97. The van der Waals surface area contributed by atoms with E-state index in [0.29, 0.717) is 6.42 Å². The van der Waals surface area contributed by atoms with Gasteiger partial charge >= 0.3 is 0 Å². The van der Waals surface area contributed by atoms with Gasteiger partial charge in [0, 0.05) is 66.1 Å². The summed E-state index contributed by atoms with van der Waals surface area (Å²) >= 11 is 0. The highest BCUT2D eigenvalue weighted by atomic mass is 16.7. The van der Waals surface area contributed by atoms with Gasteiger partial charge in [0.05, 0.1) is 159 Å². The zero-order valence-electron chi connectivity index (χ0n) is 56.1. The maximum Gasteiger partial charge on any atom is 0.222 e. The smallest absolute Gasteiger partial charge is 0.222 e. The van der Waals surface area contributed by atoms with Gasteiger partial charge in [0.25, 0.3) is 0 Å². The topological polar surface area (TPSA) is 550 Å². The molecule has 98 heavy (non-hydrogen) atoms. The zero-order chi connectivity index (χ0) is 72.1. The van der Waals surface area contributed by atoms with Gasteiger partial charge in [-0.05, 0) is 13.0 Å². The molecule has 0 aromatic carbocycles. The summed E-state index contributed by atoms with van der Waals surface area (Å²) in [7, 11) is 0. The van der Waals surface area contributed by atoms with Crippen LogP contribution in [0.3, 0.4) is 0 Å². The Hall–Kier alpha value is -4.71. The van der Waals surface area contributed by atoms with Crippen LogP contribution in [0.15, 0.2) is 0 Å². The summed E-state index contributed by atoms with van der Waals surface area (Å²) in [6.45, 7) is 2.95. The van der Waals surface area contributed by atoms with Crippen LogP contribution in [0.1, 0.15) is 52.9 Å². The fourth-order valence-electron chi connectivity index (χ4n) is 9.68. The molecule has 39 heteroatoms. The fraction of sp³-hybridized carbons (Fsp3) is 0.881. The first-order chi connectivity index (χ1) is 47.1. The molecule has 18 N–H and O–H groups in total. The molecule has 3 fully saturated rings. The van der Waals surface area contributed by atoms with E-state index in [1.54, 1.807) is 0 Å². The van der Waals surface area contributed by atoms with Crippen LogP contribution in [0.4, 0.5) is 0 Å². The first kappa shape index (κ1) is 87.5. The number of carbonyl (C=O) groups is 7. The van der Waals surface area contributed by atoms with Crippen LogP contribution in [0, 0.1) is 0 Å². The molecule has 0 aromatic heterocycles. The third kappa shape index (κ3) is 35.3. The highest BCUT2D eigenvalue weighted by molar-refractivity contribution is 5.78. The molecule has 3 saturated heterocycles. The lowest BCUT2D eigenvalue weighted by Gasteiger charge is -2.42. The van der Waals surface area contributed by atoms with Crippen LogP contribution >= 0.6 is 0 Å². The van der Waals surface area contributed by atoms with Crippen LogP contribution in [0.25, 0.3) is 0 Å². The number of nitrogens with two attached hydrogens (primary N) is 1. The van der Waals surface area contributed by atoms with Crippen molar-refractivity contribution in [3.8, 4) is 0 Å². The van der Waals surface area contributed by atoms with Crippen LogP contribution in [-0.2, 0) is 105 Å². The first-order valence-electron chi connectivity index (χ1n) is 32.6. The van der Waals surface area contributed by atoms with E-state index in [1.807, 2.05) is 0 Å². The molecule has 3 heterocycles.